The highest BCUT2D eigenvalue weighted by atomic mass is 16.5. The highest BCUT2D eigenvalue weighted by Crippen LogP contribution is 2.19. The number of carbonyl (C=O) groups excluding carboxylic acids is 1. The van der Waals surface area contributed by atoms with Crippen LogP contribution in [0.3, 0.4) is 0 Å². The number of aromatic nitrogens is 1. The molecule has 0 atom stereocenters. The fourth-order valence-corrected chi connectivity index (χ4v) is 1.73. The number of nitrogens with one attached hydrogen (secondary N) is 1. The van der Waals surface area contributed by atoms with Gasteiger partial charge in [0.15, 0.2) is 0 Å². The Bertz CT molecular complexity index is 648. The first-order valence-electron chi connectivity index (χ1n) is 6.68. The van der Waals surface area contributed by atoms with E-state index in [0.717, 1.165) is 11.1 Å². The van der Waals surface area contributed by atoms with E-state index in [1.165, 1.54) is 0 Å². The van der Waals surface area contributed by atoms with E-state index < -0.39 is 18.5 Å². The van der Waals surface area contributed by atoms with Crippen molar-refractivity contribution in [2.24, 2.45) is 0 Å². The smallest absolute Gasteiger partial charge is 0.329 e. The summed E-state index contributed by atoms with van der Waals surface area (Å²) in [6.07, 6.45) is 0. The Morgan fingerprint density at radius 2 is 2.05 bits per heavy atom. The van der Waals surface area contributed by atoms with Crippen molar-refractivity contribution in [3.8, 4) is 11.3 Å². The van der Waals surface area contributed by atoms with Gasteiger partial charge in [-0.3, -0.25) is 4.79 Å². The Morgan fingerprint density at radius 1 is 1.32 bits per heavy atom. The number of carboxylic acid groups (broad SMARTS) is 1. The second-order valence-corrected chi connectivity index (χ2v) is 4.64. The number of aryl methyl sites for hydroxylation is 1. The molecule has 0 saturated carbocycles. The topological polar surface area (TPSA) is 102 Å². The van der Waals surface area contributed by atoms with Crippen molar-refractivity contribution in [2.75, 3.05) is 19.8 Å². The lowest BCUT2D eigenvalue weighted by Gasteiger charge is -2.02. The summed E-state index contributed by atoms with van der Waals surface area (Å²) >= 11 is 0. The van der Waals surface area contributed by atoms with Crippen molar-refractivity contribution in [3.05, 3.63) is 41.7 Å². The standard InChI is InChI=1S/C15H16N2O5/c1-10-2-4-11(5-3-10)12-8-13(22-17-12)15(20)16-6-7-21-9-14(18)19/h2-5,8H,6-7,9H2,1H3,(H,16,20)(H,18,19). The van der Waals surface area contributed by atoms with E-state index >= 15 is 0 Å². The van der Waals surface area contributed by atoms with E-state index in [4.69, 9.17) is 14.4 Å². The maximum absolute atomic E-state index is 11.8. The Morgan fingerprint density at radius 3 is 2.73 bits per heavy atom. The third-order valence-corrected chi connectivity index (χ3v) is 2.84. The Balaban J connectivity index is 1.86. The van der Waals surface area contributed by atoms with Crippen LogP contribution in [0.2, 0.25) is 0 Å². The average molecular weight is 304 g/mol. The number of nitrogens with zero attached hydrogens (tertiary/aromatic N) is 1. The summed E-state index contributed by atoms with van der Waals surface area (Å²) in [6, 6.07) is 9.24. The highest BCUT2D eigenvalue weighted by molar-refractivity contribution is 5.92. The van der Waals surface area contributed by atoms with Gasteiger partial charge in [0.25, 0.3) is 5.91 Å². The lowest BCUT2D eigenvalue weighted by molar-refractivity contribution is -0.142. The summed E-state index contributed by atoms with van der Waals surface area (Å²) in [5.41, 5.74) is 2.57. The second-order valence-electron chi connectivity index (χ2n) is 4.64. The van der Waals surface area contributed by atoms with E-state index in [2.05, 4.69) is 10.5 Å². The molecule has 2 N–H and O–H groups in total. The van der Waals surface area contributed by atoms with Crippen molar-refractivity contribution in [1.29, 1.82) is 0 Å². The van der Waals surface area contributed by atoms with Gasteiger partial charge >= 0.3 is 5.97 Å². The molecule has 7 nitrogen and oxygen atoms in total. The van der Waals surface area contributed by atoms with Crippen molar-refractivity contribution in [2.45, 2.75) is 6.92 Å². The summed E-state index contributed by atoms with van der Waals surface area (Å²) in [6.45, 7) is 1.89. The van der Waals surface area contributed by atoms with Gasteiger partial charge in [-0.2, -0.15) is 0 Å². The number of hydrogen-bond acceptors (Lipinski definition) is 5. The summed E-state index contributed by atoms with van der Waals surface area (Å²) in [5, 5.41) is 14.8. The van der Waals surface area contributed by atoms with Crippen LogP contribution in [-0.4, -0.2) is 41.9 Å². The van der Waals surface area contributed by atoms with Crippen LogP contribution in [0.15, 0.2) is 34.9 Å². The summed E-state index contributed by atoms with van der Waals surface area (Å²) in [4.78, 5) is 22.1. The first-order valence-corrected chi connectivity index (χ1v) is 6.68. The lowest BCUT2D eigenvalue weighted by atomic mass is 10.1. The van der Waals surface area contributed by atoms with Gasteiger partial charge in [0.2, 0.25) is 5.76 Å². The molecule has 0 aliphatic rings. The summed E-state index contributed by atoms with van der Waals surface area (Å²) in [5.74, 6) is -1.39. The van der Waals surface area contributed by atoms with Crippen LogP contribution in [0.4, 0.5) is 0 Å². The second kappa shape index (κ2) is 7.37. The minimum Gasteiger partial charge on any atom is -0.480 e. The minimum absolute atomic E-state index is 0.0915. The van der Waals surface area contributed by atoms with Crippen LogP contribution in [0.5, 0.6) is 0 Å². The van der Waals surface area contributed by atoms with Crippen LogP contribution < -0.4 is 5.32 Å². The predicted molar refractivity (Wildman–Crippen MR) is 77.5 cm³/mol. The molecule has 0 unspecified atom stereocenters. The molecule has 0 radical (unpaired) electrons. The molecular weight excluding hydrogens is 288 g/mol. The average Bonchev–Trinajstić information content (AvgIpc) is 2.97. The molecule has 0 aliphatic carbocycles. The number of benzene rings is 1. The molecular formula is C15H16N2O5. The first-order chi connectivity index (χ1) is 10.6. The monoisotopic (exact) mass is 304 g/mol. The maximum Gasteiger partial charge on any atom is 0.329 e. The molecule has 0 bridgehead atoms. The van der Waals surface area contributed by atoms with E-state index in [1.807, 2.05) is 31.2 Å². The van der Waals surface area contributed by atoms with E-state index in [0.29, 0.717) is 5.69 Å². The zero-order valence-electron chi connectivity index (χ0n) is 12.0. The number of hydrogen-bond donors (Lipinski definition) is 2. The number of amides is 1. The van der Waals surface area contributed by atoms with Gasteiger partial charge in [0.05, 0.1) is 6.61 Å². The van der Waals surface area contributed by atoms with Crippen LogP contribution in [-0.2, 0) is 9.53 Å². The predicted octanol–water partition coefficient (Wildman–Crippen LogP) is 1.48. The molecule has 0 fully saturated rings. The van der Waals surface area contributed by atoms with E-state index in [9.17, 15) is 9.59 Å². The quantitative estimate of drug-likeness (QED) is 0.751. The van der Waals surface area contributed by atoms with Crippen molar-refractivity contribution in [3.63, 3.8) is 0 Å². The number of carboxylic acids is 1. The number of ether oxygens (including phenoxy) is 1. The fraction of sp³-hybridized carbons (Fsp3) is 0.267. The lowest BCUT2D eigenvalue weighted by Crippen LogP contribution is -2.27. The number of rotatable bonds is 7. The first kappa shape index (κ1) is 15.7. The molecule has 0 aliphatic heterocycles. The van der Waals surface area contributed by atoms with Gasteiger partial charge in [0, 0.05) is 18.2 Å². The van der Waals surface area contributed by atoms with Gasteiger partial charge in [-0.25, -0.2) is 4.79 Å². The molecule has 1 heterocycles. The van der Waals surface area contributed by atoms with Crippen molar-refractivity contribution < 1.29 is 24.0 Å². The Hall–Kier alpha value is -2.67. The normalized spacial score (nSPS) is 10.4. The highest BCUT2D eigenvalue weighted by Gasteiger charge is 2.13. The third kappa shape index (κ3) is 4.42. The van der Waals surface area contributed by atoms with Crippen LogP contribution >= 0.6 is 0 Å². The number of aliphatic carboxylic acids is 1. The summed E-state index contributed by atoms with van der Waals surface area (Å²) in [7, 11) is 0. The van der Waals surface area contributed by atoms with Crippen molar-refractivity contribution >= 4 is 11.9 Å². The van der Waals surface area contributed by atoms with E-state index in [-0.39, 0.29) is 18.9 Å². The third-order valence-electron chi connectivity index (χ3n) is 2.84. The number of carbonyl (C=O) groups is 2. The Labute approximate surface area is 126 Å². The van der Waals surface area contributed by atoms with Crippen molar-refractivity contribution in [1.82, 2.24) is 10.5 Å². The van der Waals surface area contributed by atoms with Gasteiger partial charge in [-0.05, 0) is 6.92 Å². The molecule has 116 valence electrons. The van der Waals surface area contributed by atoms with Crippen LogP contribution in [0, 0.1) is 6.92 Å². The zero-order valence-corrected chi connectivity index (χ0v) is 12.0. The minimum atomic E-state index is -1.05. The SMILES string of the molecule is Cc1ccc(-c2cc(C(=O)NCCOCC(=O)O)on2)cc1. The molecule has 0 spiro atoms. The van der Waals surface area contributed by atoms with E-state index in [1.54, 1.807) is 6.07 Å². The molecule has 22 heavy (non-hydrogen) atoms. The molecule has 2 aromatic rings. The zero-order chi connectivity index (χ0) is 15.9. The molecule has 1 aromatic carbocycles. The fourth-order valence-electron chi connectivity index (χ4n) is 1.73. The molecule has 2 rings (SSSR count). The Kier molecular flexibility index (Phi) is 5.26. The molecule has 1 amide bonds. The maximum atomic E-state index is 11.8. The molecule has 7 heteroatoms. The van der Waals surface area contributed by atoms with Gasteiger partial charge in [0.1, 0.15) is 12.3 Å². The molecule has 0 saturated heterocycles. The molecule has 1 aromatic heterocycles. The van der Waals surface area contributed by atoms with Gasteiger partial charge in [-0.1, -0.05) is 35.0 Å². The van der Waals surface area contributed by atoms with Gasteiger partial charge in [-0.15, -0.1) is 0 Å². The van der Waals surface area contributed by atoms with Crippen LogP contribution in [0.1, 0.15) is 16.1 Å². The largest absolute Gasteiger partial charge is 0.480 e. The van der Waals surface area contributed by atoms with Gasteiger partial charge < -0.3 is 19.7 Å². The van der Waals surface area contributed by atoms with Crippen LogP contribution in [0.25, 0.3) is 11.3 Å². The summed E-state index contributed by atoms with van der Waals surface area (Å²) < 4.78 is 9.82.